The van der Waals surface area contributed by atoms with Crippen molar-refractivity contribution in [1.29, 1.82) is 0 Å². The second-order valence-corrected chi connectivity index (χ2v) is 7.15. The zero-order valence-electron chi connectivity index (χ0n) is 14.3. The van der Waals surface area contributed by atoms with Gasteiger partial charge >= 0.3 is 5.97 Å². The van der Waals surface area contributed by atoms with Gasteiger partial charge in [0.25, 0.3) is 5.89 Å². The van der Waals surface area contributed by atoms with Gasteiger partial charge < -0.3 is 14.0 Å². The molecule has 27 heavy (non-hydrogen) atoms. The van der Waals surface area contributed by atoms with Gasteiger partial charge in [-0.25, -0.2) is 0 Å². The van der Waals surface area contributed by atoms with Crippen molar-refractivity contribution in [3.8, 4) is 17.1 Å². The molecule has 9 heteroatoms. The summed E-state index contributed by atoms with van der Waals surface area (Å²) in [6.07, 6.45) is -0.0460. The predicted octanol–water partition coefficient (Wildman–Crippen LogP) is 4.28. The summed E-state index contributed by atoms with van der Waals surface area (Å²) >= 11 is 4.84. The largest absolute Gasteiger partial charge is 0.496 e. The average molecular weight is 451 g/mol. The number of hydrogen-bond donors (Lipinski definition) is 0. The zero-order chi connectivity index (χ0) is 19.2. The summed E-state index contributed by atoms with van der Waals surface area (Å²) in [5, 5.41) is 7.63. The van der Waals surface area contributed by atoms with Crippen molar-refractivity contribution in [3.05, 3.63) is 51.0 Å². The minimum absolute atomic E-state index is 0.00956. The van der Waals surface area contributed by atoms with Crippen LogP contribution < -0.4 is 4.74 Å². The van der Waals surface area contributed by atoms with E-state index in [-0.39, 0.29) is 31.1 Å². The highest BCUT2D eigenvalue weighted by Crippen LogP contribution is 2.24. The average Bonchev–Trinajstić information content (AvgIpc) is 3.35. The normalized spacial score (nSPS) is 10.6. The van der Waals surface area contributed by atoms with Crippen LogP contribution in [0.3, 0.4) is 0 Å². The Hall–Kier alpha value is -2.52. The Morgan fingerprint density at radius 1 is 1.26 bits per heavy atom. The van der Waals surface area contributed by atoms with Gasteiger partial charge in [-0.15, -0.1) is 0 Å². The maximum absolute atomic E-state index is 12.3. The third-order valence-corrected chi connectivity index (χ3v) is 4.80. The number of hydrogen-bond acceptors (Lipinski definition) is 8. The predicted molar refractivity (Wildman–Crippen MR) is 102 cm³/mol. The van der Waals surface area contributed by atoms with E-state index in [1.807, 2.05) is 16.8 Å². The molecule has 0 spiro atoms. The Morgan fingerprint density at radius 3 is 2.85 bits per heavy atom. The van der Waals surface area contributed by atoms with Gasteiger partial charge in [-0.1, -0.05) is 21.1 Å². The summed E-state index contributed by atoms with van der Waals surface area (Å²) in [6, 6.07) is 7.00. The van der Waals surface area contributed by atoms with Crippen LogP contribution >= 0.6 is 27.3 Å². The lowest BCUT2D eigenvalue weighted by molar-refractivity contribution is -0.145. The van der Waals surface area contributed by atoms with Crippen molar-refractivity contribution >= 4 is 39.0 Å². The molecule has 2 aromatic heterocycles. The minimum atomic E-state index is -0.521. The van der Waals surface area contributed by atoms with Gasteiger partial charge in [0.2, 0.25) is 5.82 Å². The van der Waals surface area contributed by atoms with E-state index >= 15 is 0 Å². The molecule has 3 rings (SSSR count). The van der Waals surface area contributed by atoms with E-state index in [4.69, 9.17) is 14.0 Å². The summed E-state index contributed by atoms with van der Waals surface area (Å²) in [6.45, 7) is -0.135. The van der Waals surface area contributed by atoms with Crippen LogP contribution in [0.15, 0.2) is 44.0 Å². The van der Waals surface area contributed by atoms with Crippen molar-refractivity contribution in [2.45, 2.75) is 19.4 Å². The number of nitrogens with zero attached hydrogens (tertiary/aromatic N) is 2. The van der Waals surface area contributed by atoms with Gasteiger partial charge in [0, 0.05) is 21.8 Å². The number of methoxy groups -OCH3 is 1. The van der Waals surface area contributed by atoms with Gasteiger partial charge in [-0.3, -0.25) is 9.59 Å². The van der Waals surface area contributed by atoms with Gasteiger partial charge in [0.15, 0.2) is 12.4 Å². The first-order chi connectivity index (χ1) is 13.1. The fraction of sp³-hybridized carbons (Fsp3) is 0.222. The summed E-state index contributed by atoms with van der Waals surface area (Å²) in [5.41, 5.74) is 1.26. The second-order valence-electron chi connectivity index (χ2n) is 5.45. The van der Waals surface area contributed by atoms with Crippen molar-refractivity contribution in [1.82, 2.24) is 10.1 Å². The summed E-state index contributed by atoms with van der Waals surface area (Å²) in [5.74, 6) is 0.377. The van der Waals surface area contributed by atoms with Crippen LogP contribution in [0.5, 0.6) is 5.75 Å². The first-order valence-electron chi connectivity index (χ1n) is 7.94. The maximum atomic E-state index is 12.3. The Morgan fingerprint density at radius 2 is 2.11 bits per heavy atom. The molecule has 0 saturated carbocycles. The van der Waals surface area contributed by atoms with Crippen molar-refractivity contribution in [2.75, 3.05) is 7.11 Å². The molecule has 1 aromatic carbocycles. The number of rotatable bonds is 8. The number of esters is 1. The van der Waals surface area contributed by atoms with Crippen LogP contribution in [0.2, 0.25) is 0 Å². The van der Waals surface area contributed by atoms with E-state index in [2.05, 4.69) is 26.1 Å². The third-order valence-electron chi connectivity index (χ3n) is 3.62. The van der Waals surface area contributed by atoms with Crippen LogP contribution in [-0.4, -0.2) is 29.0 Å². The molecule has 0 amide bonds. The molecule has 0 fully saturated rings. The number of benzene rings is 1. The first kappa shape index (κ1) is 19.2. The van der Waals surface area contributed by atoms with Crippen molar-refractivity contribution in [3.63, 3.8) is 0 Å². The number of ketones is 1. The third kappa shape index (κ3) is 5.01. The zero-order valence-corrected chi connectivity index (χ0v) is 16.7. The fourth-order valence-corrected chi connectivity index (χ4v) is 3.28. The number of Topliss-reactive ketones (excluding diaryl/α,β-unsaturated/α-hetero) is 1. The molecule has 0 unspecified atom stereocenters. The standard InChI is InChI=1S/C18H15BrN2O5S/c1-24-15-4-2-12(19)8-13(15)14(22)3-5-17(23)25-9-16-20-18(21-26-16)11-6-7-27-10-11/h2,4,6-8,10H,3,5,9H2,1H3. The number of ether oxygens (including phenoxy) is 2. The summed E-state index contributed by atoms with van der Waals surface area (Å²) in [7, 11) is 1.49. The van der Waals surface area contributed by atoms with E-state index in [0.29, 0.717) is 17.1 Å². The summed E-state index contributed by atoms with van der Waals surface area (Å²) < 4.78 is 16.1. The van der Waals surface area contributed by atoms with E-state index in [1.165, 1.54) is 18.4 Å². The fourth-order valence-electron chi connectivity index (χ4n) is 2.29. The Balaban J connectivity index is 1.50. The molecule has 0 bridgehead atoms. The molecule has 140 valence electrons. The smallest absolute Gasteiger partial charge is 0.306 e. The monoisotopic (exact) mass is 450 g/mol. The molecule has 2 heterocycles. The summed E-state index contributed by atoms with van der Waals surface area (Å²) in [4.78, 5) is 28.4. The van der Waals surface area contributed by atoms with E-state index in [0.717, 1.165) is 10.0 Å². The molecule has 0 aliphatic carbocycles. The SMILES string of the molecule is COc1ccc(Br)cc1C(=O)CCC(=O)OCc1nc(-c2ccsc2)no1. The lowest BCUT2D eigenvalue weighted by Gasteiger charge is -2.08. The van der Waals surface area contributed by atoms with E-state index in [9.17, 15) is 9.59 Å². The highest BCUT2D eigenvalue weighted by Gasteiger charge is 2.16. The number of thiophene rings is 1. The molecule has 0 radical (unpaired) electrons. The molecule has 0 N–H and O–H groups in total. The highest BCUT2D eigenvalue weighted by molar-refractivity contribution is 9.10. The van der Waals surface area contributed by atoms with Crippen molar-refractivity contribution in [2.24, 2.45) is 0 Å². The maximum Gasteiger partial charge on any atom is 0.306 e. The number of aromatic nitrogens is 2. The van der Waals surface area contributed by atoms with E-state index in [1.54, 1.807) is 18.2 Å². The van der Waals surface area contributed by atoms with Crippen LogP contribution in [0.4, 0.5) is 0 Å². The Labute approximate surface area is 167 Å². The van der Waals surface area contributed by atoms with Crippen molar-refractivity contribution < 1.29 is 23.6 Å². The van der Waals surface area contributed by atoms with E-state index < -0.39 is 5.97 Å². The molecule has 3 aromatic rings. The molecule has 0 saturated heterocycles. The topological polar surface area (TPSA) is 91.5 Å². The minimum Gasteiger partial charge on any atom is -0.496 e. The number of carbonyl (C=O) groups is 2. The van der Waals surface area contributed by atoms with Crippen LogP contribution in [0.1, 0.15) is 29.1 Å². The van der Waals surface area contributed by atoms with Crippen LogP contribution in [0.25, 0.3) is 11.4 Å². The number of carbonyl (C=O) groups excluding carboxylic acids is 2. The lowest BCUT2D eigenvalue weighted by atomic mass is 10.1. The quantitative estimate of drug-likeness (QED) is 0.373. The lowest BCUT2D eigenvalue weighted by Crippen LogP contribution is -2.09. The molecule has 0 aliphatic heterocycles. The van der Waals surface area contributed by atoms with Gasteiger partial charge in [0.1, 0.15) is 5.75 Å². The Kier molecular flexibility index (Phi) is 6.36. The second kappa shape index (κ2) is 8.92. The first-order valence-corrected chi connectivity index (χ1v) is 9.68. The Bertz CT molecular complexity index is 939. The molecule has 0 aliphatic rings. The molecule has 0 atom stereocenters. The van der Waals surface area contributed by atoms with Crippen LogP contribution in [0, 0.1) is 0 Å². The molecular formula is C18H15BrN2O5S. The van der Waals surface area contributed by atoms with Gasteiger partial charge in [-0.2, -0.15) is 16.3 Å². The highest BCUT2D eigenvalue weighted by atomic mass is 79.9. The van der Waals surface area contributed by atoms with Gasteiger partial charge in [0.05, 0.1) is 19.1 Å². The molecule has 7 nitrogen and oxygen atoms in total. The van der Waals surface area contributed by atoms with Crippen LogP contribution in [-0.2, 0) is 16.1 Å². The van der Waals surface area contributed by atoms with Gasteiger partial charge in [-0.05, 0) is 29.6 Å². The number of halogens is 1. The molecular weight excluding hydrogens is 436 g/mol.